The molecule has 0 aromatic carbocycles. The summed E-state index contributed by atoms with van der Waals surface area (Å²) in [4.78, 5) is 13.9. The fraction of sp³-hybridized carbons (Fsp3) is 0.875. The zero-order chi connectivity index (χ0) is 9.56. The number of rotatable bonds is 4. The molecule has 0 saturated heterocycles. The summed E-state index contributed by atoms with van der Waals surface area (Å²) in [6, 6.07) is 0. The molecule has 72 valence electrons. The first kappa shape index (κ1) is 11.2. The molecule has 1 N–H and O–H groups in total. The van der Waals surface area contributed by atoms with Crippen LogP contribution in [0.3, 0.4) is 0 Å². The number of hydrogen-bond acceptors (Lipinski definition) is 4. The van der Waals surface area contributed by atoms with E-state index in [4.69, 9.17) is 9.99 Å². The van der Waals surface area contributed by atoms with Gasteiger partial charge in [0, 0.05) is 0 Å². The average Bonchev–Trinajstić information content (AvgIpc) is 2.03. The molecule has 0 bridgehead atoms. The molecule has 0 aliphatic rings. The molecule has 0 spiro atoms. The number of carbonyl (C=O) groups is 1. The van der Waals surface area contributed by atoms with E-state index in [0.717, 1.165) is 12.8 Å². The van der Waals surface area contributed by atoms with Crippen LogP contribution in [0.15, 0.2) is 0 Å². The summed E-state index contributed by atoms with van der Waals surface area (Å²) in [6.07, 6.45) is 0.519. The quantitative estimate of drug-likeness (QED) is 0.406. The summed E-state index contributed by atoms with van der Waals surface area (Å²) in [6.45, 7) is 5.90. The highest BCUT2D eigenvalue weighted by Gasteiger charge is 2.17. The summed E-state index contributed by atoms with van der Waals surface area (Å²) < 4.78 is 4.79. The molecular weight excluding hydrogens is 160 g/mol. The molecule has 0 aliphatic heterocycles. The first-order chi connectivity index (χ1) is 5.61. The Hall–Kier alpha value is -0.770. The molecule has 4 nitrogen and oxygen atoms in total. The first-order valence-corrected chi connectivity index (χ1v) is 4.13. The summed E-state index contributed by atoms with van der Waals surface area (Å²) in [5, 5.41) is 7.96. The maximum atomic E-state index is 10.5. The summed E-state index contributed by atoms with van der Waals surface area (Å²) in [5.41, 5.74) is 0. The minimum Gasteiger partial charge on any atom is -0.429 e. The van der Waals surface area contributed by atoms with Crippen molar-refractivity contribution in [3.05, 3.63) is 0 Å². The smallest absolute Gasteiger partial charge is 0.429 e. The van der Waals surface area contributed by atoms with Crippen LogP contribution < -0.4 is 0 Å². The minimum atomic E-state index is -1.03. The van der Waals surface area contributed by atoms with E-state index in [1.54, 1.807) is 0 Å². The molecule has 0 aromatic rings. The van der Waals surface area contributed by atoms with Gasteiger partial charge in [-0.3, -0.25) is 4.89 Å². The number of hydrogen-bond donors (Lipinski definition) is 1. The number of carbonyl (C=O) groups excluding carboxylic acids is 1. The van der Waals surface area contributed by atoms with Gasteiger partial charge >= 0.3 is 6.16 Å². The molecule has 0 fully saturated rings. The Bertz CT molecular complexity index is 133. The highest BCUT2D eigenvalue weighted by molar-refractivity contribution is 5.59. The van der Waals surface area contributed by atoms with Crippen LogP contribution in [-0.4, -0.2) is 17.5 Å². The molecule has 4 heteroatoms. The van der Waals surface area contributed by atoms with Crippen LogP contribution in [0.1, 0.15) is 33.6 Å². The molecule has 0 aliphatic carbocycles. The van der Waals surface area contributed by atoms with Crippen molar-refractivity contribution < 1.29 is 19.7 Å². The van der Waals surface area contributed by atoms with Crippen LogP contribution in [0.25, 0.3) is 0 Å². The van der Waals surface area contributed by atoms with Crippen LogP contribution in [0.4, 0.5) is 4.79 Å². The van der Waals surface area contributed by atoms with E-state index >= 15 is 0 Å². The van der Waals surface area contributed by atoms with E-state index in [2.05, 4.69) is 4.89 Å². The number of ether oxygens (including phenoxy) is 1. The Balaban J connectivity index is 3.86. The van der Waals surface area contributed by atoms with Crippen LogP contribution in [-0.2, 0) is 9.62 Å². The second-order valence-corrected chi connectivity index (χ2v) is 3.03. The molecule has 1 unspecified atom stereocenters. The van der Waals surface area contributed by atoms with Crippen molar-refractivity contribution in [2.24, 2.45) is 5.92 Å². The summed E-state index contributed by atoms with van der Waals surface area (Å²) >= 11 is 0. The summed E-state index contributed by atoms with van der Waals surface area (Å²) in [5.74, 6) is 0.240. The maximum absolute atomic E-state index is 10.5. The van der Waals surface area contributed by atoms with Crippen molar-refractivity contribution >= 4 is 6.16 Å². The van der Waals surface area contributed by atoms with Crippen molar-refractivity contribution in [2.75, 3.05) is 0 Å². The van der Waals surface area contributed by atoms with E-state index in [9.17, 15) is 4.79 Å². The van der Waals surface area contributed by atoms with Gasteiger partial charge in [0.1, 0.15) is 6.10 Å². The first-order valence-electron chi connectivity index (χ1n) is 4.13. The molecule has 1 atom stereocenters. The van der Waals surface area contributed by atoms with E-state index in [1.807, 2.05) is 20.8 Å². The van der Waals surface area contributed by atoms with Gasteiger partial charge in [-0.25, -0.2) is 4.79 Å². The Morgan fingerprint density at radius 1 is 1.50 bits per heavy atom. The van der Waals surface area contributed by atoms with Crippen LogP contribution >= 0.6 is 0 Å². The molecular formula is C8H16O4. The monoisotopic (exact) mass is 176 g/mol. The molecule has 0 rings (SSSR count). The van der Waals surface area contributed by atoms with E-state index in [1.165, 1.54) is 0 Å². The standard InChI is InChI=1S/C8H16O4/c1-4-5-7(6(2)3)11-8(9)12-10/h6-7,10H,4-5H2,1-3H3. The van der Waals surface area contributed by atoms with Gasteiger partial charge in [-0.15, -0.1) is 0 Å². The Labute approximate surface area is 72.4 Å². The van der Waals surface area contributed by atoms with Gasteiger partial charge in [0.05, 0.1) is 0 Å². The highest BCUT2D eigenvalue weighted by atomic mass is 17.1. The molecule has 0 amide bonds. The third kappa shape index (κ3) is 4.18. The zero-order valence-corrected chi connectivity index (χ0v) is 7.74. The van der Waals surface area contributed by atoms with Crippen molar-refractivity contribution in [2.45, 2.75) is 39.7 Å². The minimum absolute atomic E-state index is 0.172. The van der Waals surface area contributed by atoms with E-state index in [-0.39, 0.29) is 12.0 Å². The van der Waals surface area contributed by atoms with Crippen molar-refractivity contribution in [1.29, 1.82) is 0 Å². The van der Waals surface area contributed by atoms with Gasteiger partial charge in [0.2, 0.25) is 0 Å². The normalized spacial score (nSPS) is 12.8. The van der Waals surface area contributed by atoms with Gasteiger partial charge in [-0.1, -0.05) is 27.2 Å². The fourth-order valence-electron chi connectivity index (χ4n) is 0.958. The van der Waals surface area contributed by atoms with Crippen LogP contribution in [0.5, 0.6) is 0 Å². The van der Waals surface area contributed by atoms with Crippen LogP contribution in [0, 0.1) is 5.92 Å². The van der Waals surface area contributed by atoms with E-state index in [0.29, 0.717) is 0 Å². The van der Waals surface area contributed by atoms with Gasteiger partial charge in [-0.2, -0.15) is 5.26 Å². The molecule has 0 heterocycles. The van der Waals surface area contributed by atoms with Crippen LogP contribution in [0.2, 0.25) is 0 Å². The topological polar surface area (TPSA) is 55.8 Å². The van der Waals surface area contributed by atoms with Crippen molar-refractivity contribution in [1.82, 2.24) is 0 Å². The van der Waals surface area contributed by atoms with E-state index < -0.39 is 6.16 Å². The SMILES string of the molecule is CCCC(OC(=O)OO)C(C)C. The predicted octanol–water partition coefficient (Wildman–Crippen LogP) is 2.44. The fourth-order valence-corrected chi connectivity index (χ4v) is 0.958. The van der Waals surface area contributed by atoms with Crippen molar-refractivity contribution in [3.63, 3.8) is 0 Å². The predicted molar refractivity (Wildman–Crippen MR) is 43.7 cm³/mol. The highest BCUT2D eigenvalue weighted by Crippen LogP contribution is 2.13. The Morgan fingerprint density at radius 3 is 2.42 bits per heavy atom. The third-order valence-corrected chi connectivity index (χ3v) is 1.64. The molecule has 12 heavy (non-hydrogen) atoms. The Morgan fingerprint density at radius 2 is 2.08 bits per heavy atom. The largest absolute Gasteiger partial charge is 0.540 e. The lowest BCUT2D eigenvalue weighted by molar-refractivity contribution is -0.207. The molecule has 0 saturated carbocycles. The molecule has 0 aromatic heterocycles. The maximum Gasteiger partial charge on any atom is 0.540 e. The third-order valence-electron chi connectivity index (χ3n) is 1.64. The lowest BCUT2D eigenvalue weighted by atomic mass is 10.0. The summed E-state index contributed by atoms with van der Waals surface area (Å²) in [7, 11) is 0. The zero-order valence-electron chi connectivity index (χ0n) is 7.74. The second-order valence-electron chi connectivity index (χ2n) is 3.03. The van der Waals surface area contributed by atoms with Gasteiger partial charge < -0.3 is 4.74 Å². The second kappa shape index (κ2) is 5.83. The van der Waals surface area contributed by atoms with Gasteiger partial charge in [0.15, 0.2) is 0 Å². The Kier molecular flexibility index (Phi) is 5.45. The molecule has 0 radical (unpaired) electrons. The van der Waals surface area contributed by atoms with Gasteiger partial charge in [0.25, 0.3) is 0 Å². The van der Waals surface area contributed by atoms with Gasteiger partial charge in [-0.05, 0) is 12.3 Å². The lowest BCUT2D eigenvalue weighted by Gasteiger charge is -2.18. The van der Waals surface area contributed by atoms with Crippen molar-refractivity contribution in [3.8, 4) is 0 Å². The average molecular weight is 176 g/mol. The lowest BCUT2D eigenvalue weighted by Crippen LogP contribution is -2.23.